The first-order chi connectivity index (χ1) is 7.21. The highest BCUT2D eigenvalue weighted by Gasteiger charge is 2.46. The van der Waals surface area contributed by atoms with E-state index in [1.54, 1.807) is 0 Å². The summed E-state index contributed by atoms with van der Waals surface area (Å²) in [7, 11) is 0. The molecule has 0 saturated carbocycles. The van der Waals surface area contributed by atoms with Gasteiger partial charge in [0.1, 0.15) is 0 Å². The number of hydrogen-bond donors (Lipinski definition) is 0. The maximum Gasteiger partial charge on any atom is 0.227 e. The van der Waals surface area contributed by atoms with Crippen molar-refractivity contribution in [2.75, 3.05) is 6.54 Å². The summed E-state index contributed by atoms with van der Waals surface area (Å²) < 4.78 is 0. The van der Waals surface area contributed by atoms with Gasteiger partial charge in [-0.3, -0.25) is 4.79 Å². The van der Waals surface area contributed by atoms with E-state index in [1.807, 2.05) is 0 Å². The lowest BCUT2D eigenvalue weighted by Crippen LogP contribution is -2.28. The molecule has 1 atom stereocenters. The van der Waals surface area contributed by atoms with Gasteiger partial charge >= 0.3 is 0 Å². The fourth-order valence-corrected chi connectivity index (χ4v) is 3.35. The van der Waals surface area contributed by atoms with Gasteiger partial charge in [-0.15, -0.1) is 0 Å². The minimum atomic E-state index is 0.152. The van der Waals surface area contributed by atoms with E-state index in [-0.39, 0.29) is 5.41 Å². The van der Waals surface area contributed by atoms with Gasteiger partial charge in [0, 0.05) is 24.1 Å². The van der Waals surface area contributed by atoms with Crippen molar-refractivity contribution in [1.29, 1.82) is 0 Å². The van der Waals surface area contributed by atoms with Gasteiger partial charge < -0.3 is 4.90 Å². The van der Waals surface area contributed by atoms with Crippen LogP contribution in [0.1, 0.15) is 39.0 Å². The lowest BCUT2D eigenvalue weighted by Gasteiger charge is -2.33. The third kappa shape index (κ3) is 1.20. The molecule has 0 aromatic rings. The molecule has 0 radical (unpaired) electrons. The van der Waals surface area contributed by atoms with Crippen LogP contribution in [-0.4, -0.2) is 17.4 Å². The molecule has 1 fully saturated rings. The Bertz CT molecular complexity index is 380. The second-order valence-corrected chi connectivity index (χ2v) is 5.20. The van der Waals surface area contributed by atoms with E-state index in [2.05, 4.69) is 24.0 Å². The topological polar surface area (TPSA) is 20.3 Å². The molecule has 0 spiro atoms. The van der Waals surface area contributed by atoms with Gasteiger partial charge in [0.25, 0.3) is 0 Å². The molecule has 3 rings (SSSR count). The van der Waals surface area contributed by atoms with Gasteiger partial charge in [0.2, 0.25) is 5.91 Å². The highest BCUT2D eigenvalue weighted by atomic mass is 16.2. The third-order valence-electron chi connectivity index (χ3n) is 4.00. The van der Waals surface area contributed by atoms with Crippen molar-refractivity contribution in [2.45, 2.75) is 39.0 Å². The average molecular weight is 203 g/mol. The van der Waals surface area contributed by atoms with E-state index in [0.29, 0.717) is 5.91 Å². The van der Waals surface area contributed by atoms with Crippen LogP contribution >= 0.6 is 0 Å². The first-order valence-electron chi connectivity index (χ1n) is 5.91. The Kier molecular flexibility index (Phi) is 1.82. The van der Waals surface area contributed by atoms with E-state index in [1.165, 1.54) is 24.1 Å². The van der Waals surface area contributed by atoms with E-state index < -0.39 is 0 Å². The van der Waals surface area contributed by atoms with Crippen molar-refractivity contribution in [1.82, 2.24) is 4.90 Å². The summed E-state index contributed by atoms with van der Waals surface area (Å²) in [6.45, 7) is 3.16. The monoisotopic (exact) mass is 203 g/mol. The molecule has 1 unspecified atom stereocenters. The van der Waals surface area contributed by atoms with Crippen LogP contribution in [0.5, 0.6) is 0 Å². The highest BCUT2D eigenvalue weighted by molar-refractivity contribution is 5.84. The number of allylic oxidation sites excluding steroid dienone is 3. The van der Waals surface area contributed by atoms with E-state index in [4.69, 9.17) is 0 Å². The van der Waals surface area contributed by atoms with E-state index in [0.717, 1.165) is 25.8 Å². The Balaban J connectivity index is 2.16. The van der Waals surface area contributed by atoms with Gasteiger partial charge in [0.05, 0.1) is 0 Å². The number of carbonyl (C=O) groups excluding carboxylic acids is 1. The number of amides is 1. The van der Waals surface area contributed by atoms with Crippen LogP contribution < -0.4 is 0 Å². The quantitative estimate of drug-likeness (QED) is 0.592. The fourth-order valence-electron chi connectivity index (χ4n) is 3.35. The van der Waals surface area contributed by atoms with Crippen molar-refractivity contribution in [3.05, 3.63) is 23.4 Å². The molecule has 2 heteroatoms. The molecule has 1 amide bonds. The van der Waals surface area contributed by atoms with Crippen LogP contribution in [0.15, 0.2) is 23.4 Å². The largest absolute Gasteiger partial charge is 0.315 e. The first-order valence-corrected chi connectivity index (χ1v) is 5.91. The molecule has 0 aromatic carbocycles. The third-order valence-corrected chi connectivity index (χ3v) is 4.00. The summed E-state index contributed by atoms with van der Waals surface area (Å²) in [5.41, 5.74) is 2.93. The van der Waals surface area contributed by atoms with Crippen molar-refractivity contribution in [3.8, 4) is 0 Å². The molecule has 0 bridgehead atoms. The van der Waals surface area contributed by atoms with Crippen LogP contribution in [-0.2, 0) is 4.79 Å². The molecular weight excluding hydrogens is 186 g/mol. The van der Waals surface area contributed by atoms with Crippen LogP contribution in [0, 0.1) is 5.41 Å². The maximum atomic E-state index is 12.0. The van der Waals surface area contributed by atoms with Crippen molar-refractivity contribution < 1.29 is 4.79 Å². The molecule has 2 heterocycles. The first kappa shape index (κ1) is 9.20. The molecule has 3 aliphatic rings. The second-order valence-electron chi connectivity index (χ2n) is 5.20. The lowest BCUT2D eigenvalue weighted by atomic mass is 9.75. The van der Waals surface area contributed by atoms with Gasteiger partial charge in [-0.2, -0.15) is 0 Å². The zero-order valence-corrected chi connectivity index (χ0v) is 9.25. The minimum absolute atomic E-state index is 0.152. The Morgan fingerprint density at radius 1 is 1.47 bits per heavy atom. The Morgan fingerprint density at radius 2 is 2.33 bits per heavy atom. The molecular formula is C13H17NO. The van der Waals surface area contributed by atoms with Crippen LogP contribution in [0.4, 0.5) is 0 Å². The normalized spacial score (nSPS) is 34.5. The summed E-state index contributed by atoms with van der Waals surface area (Å²) in [5, 5.41) is 0. The van der Waals surface area contributed by atoms with Crippen LogP contribution in [0.25, 0.3) is 0 Å². The summed E-state index contributed by atoms with van der Waals surface area (Å²) in [6.07, 6.45) is 9.80. The summed E-state index contributed by atoms with van der Waals surface area (Å²) in [4.78, 5) is 14.0. The summed E-state index contributed by atoms with van der Waals surface area (Å²) in [5.74, 6) is 0.343. The minimum Gasteiger partial charge on any atom is -0.315 e. The zero-order chi connectivity index (χ0) is 10.5. The molecule has 2 aliphatic heterocycles. The SMILES string of the molecule is CC12CCCC3=C1N(CCC=C3)C(=O)C2. The van der Waals surface area contributed by atoms with Gasteiger partial charge in [-0.1, -0.05) is 19.1 Å². The number of nitrogens with zero attached hydrogens (tertiary/aromatic N) is 1. The van der Waals surface area contributed by atoms with Gasteiger partial charge in [-0.05, 0) is 31.3 Å². The molecule has 80 valence electrons. The summed E-state index contributed by atoms with van der Waals surface area (Å²) in [6, 6.07) is 0. The predicted molar refractivity (Wildman–Crippen MR) is 59.1 cm³/mol. The molecule has 1 saturated heterocycles. The standard InChI is InChI=1S/C13H17NO/c1-13-7-4-6-10-5-2-3-8-14(12(10)13)11(15)9-13/h2,5H,3-4,6-9H2,1H3. The Labute approximate surface area is 90.6 Å². The van der Waals surface area contributed by atoms with Crippen LogP contribution in [0.2, 0.25) is 0 Å². The van der Waals surface area contributed by atoms with Gasteiger partial charge in [0.15, 0.2) is 0 Å². The molecule has 15 heavy (non-hydrogen) atoms. The molecule has 0 aromatic heterocycles. The number of hydrogen-bond acceptors (Lipinski definition) is 1. The fraction of sp³-hybridized carbons (Fsp3) is 0.615. The average Bonchev–Trinajstić information content (AvgIpc) is 2.37. The predicted octanol–water partition coefficient (Wildman–Crippen LogP) is 2.62. The zero-order valence-electron chi connectivity index (χ0n) is 9.25. The van der Waals surface area contributed by atoms with Crippen molar-refractivity contribution >= 4 is 5.91 Å². The van der Waals surface area contributed by atoms with Crippen molar-refractivity contribution in [2.24, 2.45) is 5.41 Å². The number of rotatable bonds is 0. The smallest absolute Gasteiger partial charge is 0.227 e. The lowest BCUT2D eigenvalue weighted by molar-refractivity contribution is -0.126. The van der Waals surface area contributed by atoms with Crippen LogP contribution in [0.3, 0.4) is 0 Å². The van der Waals surface area contributed by atoms with Crippen molar-refractivity contribution in [3.63, 3.8) is 0 Å². The Hall–Kier alpha value is -1.05. The van der Waals surface area contributed by atoms with Gasteiger partial charge in [-0.25, -0.2) is 0 Å². The molecule has 2 nitrogen and oxygen atoms in total. The van der Waals surface area contributed by atoms with E-state index in [9.17, 15) is 4.79 Å². The van der Waals surface area contributed by atoms with E-state index >= 15 is 0 Å². The summed E-state index contributed by atoms with van der Waals surface area (Å²) >= 11 is 0. The Morgan fingerprint density at radius 3 is 3.20 bits per heavy atom. The molecule has 1 aliphatic carbocycles. The maximum absolute atomic E-state index is 12.0. The second kappa shape index (κ2) is 2.97. The highest BCUT2D eigenvalue weighted by Crippen LogP contribution is 2.50. The molecule has 0 N–H and O–H groups in total. The number of carbonyl (C=O) groups is 1.